The molecule has 1 aromatic rings. The van der Waals surface area contributed by atoms with Crippen molar-refractivity contribution in [1.82, 2.24) is 9.97 Å². The number of aromatic nitrogens is 2. The fourth-order valence-corrected chi connectivity index (χ4v) is 5.13. The summed E-state index contributed by atoms with van der Waals surface area (Å²) in [4.78, 5) is 9.55. The first-order valence-electron chi connectivity index (χ1n) is 7.68. The predicted molar refractivity (Wildman–Crippen MR) is 89.4 cm³/mol. The van der Waals surface area contributed by atoms with Crippen LogP contribution in [0.4, 0.5) is 5.82 Å². The summed E-state index contributed by atoms with van der Waals surface area (Å²) in [5.41, 5.74) is 2.60. The van der Waals surface area contributed by atoms with E-state index in [1.54, 1.807) is 0 Å². The van der Waals surface area contributed by atoms with Crippen LogP contribution in [-0.4, -0.2) is 21.8 Å². The smallest absolute Gasteiger partial charge is 0.140 e. The van der Waals surface area contributed by atoms with Gasteiger partial charge in [-0.3, -0.25) is 0 Å². The molecule has 0 radical (unpaired) electrons. The molecule has 5 heteroatoms. The lowest BCUT2D eigenvalue weighted by molar-refractivity contribution is 0.516. The number of hydrogen-bond donors (Lipinski definition) is 1. The zero-order valence-electron chi connectivity index (χ0n) is 12.2. The normalized spacial score (nSPS) is 19.1. The van der Waals surface area contributed by atoms with Gasteiger partial charge in [-0.1, -0.05) is 19.3 Å². The highest BCUT2D eigenvalue weighted by Gasteiger charge is 2.20. The van der Waals surface area contributed by atoms with Crippen LogP contribution in [0.2, 0.25) is 0 Å². The molecular weight excluding hydrogens is 286 g/mol. The van der Waals surface area contributed by atoms with Crippen molar-refractivity contribution >= 4 is 29.3 Å². The maximum Gasteiger partial charge on any atom is 0.140 e. The van der Waals surface area contributed by atoms with Crippen molar-refractivity contribution in [2.24, 2.45) is 0 Å². The molecule has 110 valence electrons. The molecule has 3 nitrogen and oxygen atoms in total. The molecule has 1 aromatic heterocycles. The van der Waals surface area contributed by atoms with Crippen LogP contribution in [0.5, 0.6) is 0 Å². The third-order valence-corrected chi connectivity index (χ3v) is 6.31. The van der Waals surface area contributed by atoms with E-state index in [1.807, 2.05) is 11.8 Å². The van der Waals surface area contributed by atoms with Gasteiger partial charge in [0, 0.05) is 28.9 Å². The lowest BCUT2D eigenvalue weighted by Crippen LogP contribution is -2.11. The maximum absolute atomic E-state index is 4.79. The molecular formula is C15H23N3S2. The summed E-state index contributed by atoms with van der Waals surface area (Å²) in [7, 11) is 0. The van der Waals surface area contributed by atoms with Crippen molar-refractivity contribution in [2.75, 3.05) is 11.9 Å². The van der Waals surface area contributed by atoms with Crippen LogP contribution in [0, 0.1) is 0 Å². The van der Waals surface area contributed by atoms with E-state index >= 15 is 0 Å². The van der Waals surface area contributed by atoms with Crippen molar-refractivity contribution in [2.45, 2.75) is 61.5 Å². The molecule has 1 aliphatic heterocycles. The van der Waals surface area contributed by atoms with Crippen molar-refractivity contribution in [1.29, 1.82) is 0 Å². The molecule has 0 atom stereocenters. The summed E-state index contributed by atoms with van der Waals surface area (Å²) in [6.07, 6.45) is 7.00. The Hall–Kier alpha value is -0.420. The molecule has 1 saturated carbocycles. The fraction of sp³-hybridized carbons (Fsp3) is 0.733. The average Bonchev–Trinajstić information content (AvgIpc) is 2.95. The first-order chi connectivity index (χ1) is 9.86. The van der Waals surface area contributed by atoms with Crippen molar-refractivity contribution in [3.05, 3.63) is 17.1 Å². The number of nitrogens with one attached hydrogen (secondary N) is 1. The van der Waals surface area contributed by atoms with Gasteiger partial charge in [-0.2, -0.15) is 23.5 Å². The topological polar surface area (TPSA) is 37.8 Å². The van der Waals surface area contributed by atoms with E-state index in [2.05, 4.69) is 24.0 Å². The molecule has 20 heavy (non-hydrogen) atoms. The molecule has 0 spiro atoms. The molecule has 0 unspecified atom stereocenters. The lowest BCUT2D eigenvalue weighted by Gasteiger charge is -2.20. The summed E-state index contributed by atoms with van der Waals surface area (Å²) >= 11 is 4.01. The van der Waals surface area contributed by atoms with E-state index in [9.17, 15) is 0 Å². The van der Waals surface area contributed by atoms with Crippen LogP contribution in [0.25, 0.3) is 0 Å². The minimum absolute atomic E-state index is 0.831. The molecule has 3 rings (SSSR count). The van der Waals surface area contributed by atoms with Gasteiger partial charge in [0.15, 0.2) is 0 Å². The second-order valence-corrected chi connectivity index (χ2v) is 7.78. The molecule has 1 N–H and O–H groups in total. The van der Waals surface area contributed by atoms with Crippen LogP contribution in [0.1, 0.15) is 56.1 Å². The summed E-state index contributed by atoms with van der Waals surface area (Å²) in [5.74, 6) is 5.20. The molecule has 0 bridgehead atoms. The second kappa shape index (κ2) is 7.03. The van der Waals surface area contributed by atoms with Crippen molar-refractivity contribution in [3.63, 3.8) is 0 Å². The van der Waals surface area contributed by atoms with Gasteiger partial charge in [0.25, 0.3) is 0 Å². The van der Waals surface area contributed by atoms with E-state index < -0.39 is 0 Å². The highest BCUT2D eigenvalue weighted by atomic mass is 32.2. The van der Waals surface area contributed by atoms with Crippen LogP contribution in [-0.2, 0) is 17.3 Å². The summed E-state index contributed by atoms with van der Waals surface area (Å²) in [6.45, 7) is 3.07. The Morgan fingerprint density at radius 1 is 1.20 bits per heavy atom. The highest BCUT2D eigenvalue weighted by Crippen LogP contribution is 2.34. The third kappa shape index (κ3) is 3.42. The van der Waals surface area contributed by atoms with Gasteiger partial charge in [0.1, 0.15) is 11.6 Å². The van der Waals surface area contributed by atoms with Crippen LogP contribution in [0.3, 0.4) is 0 Å². The molecule has 0 saturated heterocycles. The second-order valence-electron chi connectivity index (χ2n) is 5.51. The van der Waals surface area contributed by atoms with Gasteiger partial charge in [0.05, 0.1) is 11.4 Å². The Labute approximate surface area is 130 Å². The number of thioether (sulfide) groups is 2. The van der Waals surface area contributed by atoms with Gasteiger partial charge < -0.3 is 5.32 Å². The molecule has 2 heterocycles. The average molecular weight is 310 g/mol. The minimum atomic E-state index is 0.831. The van der Waals surface area contributed by atoms with Crippen molar-refractivity contribution in [3.8, 4) is 0 Å². The van der Waals surface area contributed by atoms with Gasteiger partial charge in [0.2, 0.25) is 0 Å². The Morgan fingerprint density at radius 2 is 2.05 bits per heavy atom. The number of fused-ring (bicyclic) bond motifs is 1. The van der Waals surface area contributed by atoms with Crippen LogP contribution < -0.4 is 5.32 Å². The SMILES string of the molecule is CCNc1nc(CSC2CCCCC2)nc2c1CSC2. The number of rotatable bonds is 5. The summed E-state index contributed by atoms with van der Waals surface area (Å²) in [6, 6.07) is 0. The first kappa shape index (κ1) is 14.5. The van der Waals surface area contributed by atoms with Crippen LogP contribution >= 0.6 is 23.5 Å². The third-order valence-electron chi connectivity index (χ3n) is 3.97. The zero-order chi connectivity index (χ0) is 13.8. The van der Waals surface area contributed by atoms with E-state index in [1.165, 1.54) is 43.4 Å². The minimum Gasteiger partial charge on any atom is -0.370 e. The van der Waals surface area contributed by atoms with E-state index in [4.69, 9.17) is 9.97 Å². The highest BCUT2D eigenvalue weighted by molar-refractivity contribution is 7.99. The van der Waals surface area contributed by atoms with E-state index in [-0.39, 0.29) is 0 Å². The summed E-state index contributed by atoms with van der Waals surface area (Å²) in [5, 5.41) is 4.24. The molecule has 0 aromatic carbocycles. The predicted octanol–water partition coefficient (Wildman–Crippen LogP) is 4.22. The summed E-state index contributed by atoms with van der Waals surface area (Å²) < 4.78 is 0. The Balaban J connectivity index is 1.68. The van der Waals surface area contributed by atoms with E-state index in [0.29, 0.717) is 0 Å². The molecule has 1 aliphatic carbocycles. The zero-order valence-corrected chi connectivity index (χ0v) is 13.8. The maximum atomic E-state index is 4.79. The Bertz CT molecular complexity index is 459. The lowest BCUT2D eigenvalue weighted by atomic mass is 10.0. The van der Waals surface area contributed by atoms with E-state index in [0.717, 1.165) is 40.7 Å². The fourth-order valence-electron chi connectivity index (χ4n) is 2.90. The Kier molecular flexibility index (Phi) is 5.10. The number of hydrogen-bond acceptors (Lipinski definition) is 5. The van der Waals surface area contributed by atoms with Gasteiger partial charge in [-0.25, -0.2) is 9.97 Å². The molecule has 2 aliphatic rings. The largest absolute Gasteiger partial charge is 0.370 e. The van der Waals surface area contributed by atoms with Gasteiger partial charge in [-0.15, -0.1) is 0 Å². The quantitative estimate of drug-likeness (QED) is 0.881. The number of anilines is 1. The van der Waals surface area contributed by atoms with Crippen molar-refractivity contribution < 1.29 is 0 Å². The van der Waals surface area contributed by atoms with Crippen LogP contribution in [0.15, 0.2) is 0 Å². The van der Waals surface area contributed by atoms with Gasteiger partial charge >= 0.3 is 0 Å². The standard InChI is InChI=1S/C15H23N3S2/c1-2-16-15-12-8-19-9-13(12)17-14(18-15)10-20-11-6-4-3-5-7-11/h11H,2-10H2,1H3,(H,16,17,18). The Morgan fingerprint density at radius 3 is 2.85 bits per heavy atom. The van der Waals surface area contributed by atoms with Gasteiger partial charge in [-0.05, 0) is 19.8 Å². The monoisotopic (exact) mass is 309 g/mol. The molecule has 0 amide bonds. The molecule has 1 fully saturated rings. The number of nitrogens with zero attached hydrogens (tertiary/aromatic N) is 2. The first-order valence-corrected chi connectivity index (χ1v) is 9.89.